The van der Waals surface area contributed by atoms with E-state index in [1.54, 1.807) is 24.3 Å². The number of likely N-dealkylation sites (tertiary alicyclic amines) is 1. The average Bonchev–Trinajstić information content (AvgIpc) is 2.69. The van der Waals surface area contributed by atoms with Crippen LogP contribution in [0, 0.1) is 0 Å². The first-order valence-electron chi connectivity index (χ1n) is 9.54. The summed E-state index contributed by atoms with van der Waals surface area (Å²) in [6.07, 6.45) is 1.25. The number of amides is 1. The normalized spacial score (nSPS) is 15.8. The Kier molecular flexibility index (Phi) is 8.50. The number of anilines is 1. The molecular formula is C22H26Cl2N2O3. The summed E-state index contributed by atoms with van der Waals surface area (Å²) in [5.74, 6) is -0.269. The molecule has 5 nitrogen and oxygen atoms in total. The lowest BCUT2D eigenvalue weighted by Gasteiger charge is -2.40. The van der Waals surface area contributed by atoms with Gasteiger partial charge in [-0.15, -0.1) is 12.4 Å². The number of carbonyl (C=O) groups excluding carboxylic acids is 2. The average molecular weight is 437 g/mol. The number of rotatable bonds is 6. The number of esters is 1. The molecule has 1 amide bonds. The molecule has 0 atom stereocenters. The second-order valence-electron chi connectivity index (χ2n) is 7.00. The molecule has 2 aromatic carbocycles. The maximum atomic E-state index is 12.8. The zero-order valence-electron chi connectivity index (χ0n) is 16.4. The van der Waals surface area contributed by atoms with Crippen LogP contribution in [0.3, 0.4) is 0 Å². The fourth-order valence-corrected chi connectivity index (χ4v) is 3.89. The van der Waals surface area contributed by atoms with E-state index in [0.717, 1.165) is 5.56 Å². The van der Waals surface area contributed by atoms with Crippen molar-refractivity contribution in [2.24, 2.45) is 0 Å². The first-order chi connectivity index (χ1) is 13.5. The number of ether oxygens (including phenoxy) is 1. The Morgan fingerprint density at radius 3 is 2.41 bits per heavy atom. The van der Waals surface area contributed by atoms with Crippen LogP contribution in [0.4, 0.5) is 5.69 Å². The van der Waals surface area contributed by atoms with Crippen molar-refractivity contribution >= 4 is 41.6 Å². The van der Waals surface area contributed by atoms with Crippen molar-refractivity contribution in [3.05, 3.63) is 65.2 Å². The summed E-state index contributed by atoms with van der Waals surface area (Å²) in [6.45, 7) is 3.76. The Bertz CT molecular complexity index is 822. The topological polar surface area (TPSA) is 58.6 Å². The highest BCUT2D eigenvalue weighted by Gasteiger charge is 2.44. The van der Waals surface area contributed by atoms with Gasteiger partial charge in [0.1, 0.15) is 0 Å². The van der Waals surface area contributed by atoms with E-state index in [-0.39, 0.29) is 30.8 Å². The molecule has 156 valence electrons. The Labute approximate surface area is 182 Å². The molecule has 1 N–H and O–H groups in total. The third-order valence-electron chi connectivity index (χ3n) is 5.18. The molecule has 1 fully saturated rings. The van der Waals surface area contributed by atoms with Gasteiger partial charge in [-0.25, -0.2) is 0 Å². The molecule has 7 heteroatoms. The van der Waals surface area contributed by atoms with Gasteiger partial charge in [0, 0.05) is 23.8 Å². The van der Waals surface area contributed by atoms with E-state index in [1.165, 1.54) is 0 Å². The van der Waals surface area contributed by atoms with E-state index >= 15 is 0 Å². The number of piperidine rings is 1. The maximum Gasteiger partial charge on any atom is 0.316 e. The highest BCUT2D eigenvalue weighted by molar-refractivity contribution is 6.30. The summed E-state index contributed by atoms with van der Waals surface area (Å²) >= 11 is 5.96. The lowest BCUT2D eigenvalue weighted by molar-refractivity contribution is -0.152. The summed E-state index contributed by atoms with van der Waals surface area (Å²) in [7, 11) is 0. The van der Waals surface area contributed by atoms with Crippen LogP contribution in [0.15, 0.2) is 54.6 Å². The summed E-state index contributed by atoms with van der Waals surface area (Å²) < 4.78 is 5.40. The third-order valence-corrected chi connectivity index (χ3v) is 5.41. The second kappa shape index (κ2) is 10.6. The fraction of sp³-hybridized carbons (Fsp3) is 0.364. The van der Waals surface area contributed by atoms with Gasteiger partial charge in [-0.2, -0.15) is 0 Å². The molecule has 1 aliphatic rings. The van der Waals surface area contributed by atoms with E-state index < -0.39 is 5.41 Å². The molecular weight excluding hydrogens is 411 g/mol. The van der Waals surface area contributed by atoms with E-state index in [1.807, 2.05) is 37.3 Å². The Morgan fingerprint density at radius 1 is 1.10 bits per heavy atom. The number of benzene rings is 2. The van der Waals surface area contributed by atoms with E-state index in [2.05, 4.69) is 10.2 Å². The Balaban J connectivity index is 0.00000300. The van der Waals surface area contributed by atoms with E-state index in [0.29, 0.717) is 43.2 Å². The van der Waals surface area contributed by atoms with Crippen LogP contribution in [-0.4, -0.2) is 43.0 Å². The Hall–Kier alpha value is -2.08. The van der Waals surface area contributed by atoms with Gasteiger partial charge in [-0.05, 0) is 43.5 Å². The minimum Gasteiger partial charge on any atom is -0.465 e. The number of halogens is 2. The molecule has 0 spiro atoms. The fourth-order valence-electron chi connectivity index (χ4n) is 3.70. The van der Waals surface area contributed by atoms with E-state index in [9.17, 15) is 9.59 Å². The number of nitrogens with one attached hydrogen (secondary N) is 1. The lowest BCUT2D eigenvalue weighted by Crippen LogP contribution is -2.49. The monoisotopic (exact) mass is 436 g/mol. The van der Waals surface area contributed by atoms with Crippen molar-refractivity contribution < 1.29 is 14.3 Å². The van der Waals surface area contributed by atoms with Gasteiger partial charge in [0.05, 0.1) is 18.6 Å². The highest BCUT2D eigenvalue weighted by Crippen LogP contribution is 2.36. The molecule has 29 heavy (non-hydrogen) atoms. The zero-order chi connectivity index (χ0) is 20.0. The Morgan fingerprint density at radius 2 is 1.79 bits per heavy atom. The van der Waals surface area contributed by atoms with Crippen molar-refractivity contribution in [3.8, 4) is 0 Å². The van der Waals surface area contributed by atoms with Crippen molar-refractivity contribution in [3.63, 3.8) is 0 Å². The minimum absolute atomic E-state index is 0. The zero-order valence-corrected chi connectivity index (χ0v) is 18.0. The summed E-state index contributed by atoms with van der Waals surface area (Å²) in [5, 5.41) is 3.45. The molecule has 0 radical (unpaired) electrons. The van der Waals surface area contributed by atoms with Crippen molar-refractivity contribution in [1.29, 1.82) is 0 Å². The summed E-state index contributed by atoms with van der Waals surface area (Å²) in [4.78, 5) is 27.2. The van der Waals surface area contributed by atoms with Gasteiger partial charge in [0.2, 0.25) is 5.91 Å². The number of hydrogen-bond acceptors (Lipinski definition) is 4. The second-order valence-corrected chi connectivity index (χ2v) is 7.44. The van der Waals surface area contributed by atoms with Crippen LogP contribution < -0.4 is 5.32 Å². The summed E-state index contributed by atoms with van der Waals surface area (Å²) in [6, 6.07) is 16.9. The van der Waals surface area contributed by atoms with E-state index in [4.69, 9.17) is 16.3 Å². The van der Waals surface area contributed by atoms with Crippen LogP contribution in [0.5, 0.6) is 0 Å². The smallest absolute Gasteiger partial charge is 0.316 e. The molecule has 0 bridgehead atoms. The van der Waals surface area contributed by atoms with Crippen LogP contribution in [0.2, 0.25) is 5.02 Å². The summed E-state index contributed by atoms with van der Waals surface area (Å²) in [5.41, 5.74) is 1.02. The molecule has 0 saturated carbocycles. The van der Waals surface area contributed by atoms with Gasteiger partial charge in [-0.1, -0.05) is 48.0 Å². The van der Waals surface area contributed by atoms with Crippen LogP contribution >= 0.6 is 24.0 Å². The van der Waals surface area contributed by atoms with Gasteiger partial charge in [0.25, 0.3) is 0 Å². The SMILES string of the molecule is CCOC(=O)C1(c2ccccc2)CCN(CC(=O)Nc2cccc(Cl)c2)CC1.Cl. The van der Waals surface area contributed by atoms with Gasteiger partial charge < -0.3 is 10.1 Å². The lowest BCUT2D eigenvalue weighted by atomic mass is 9.72. The van der Waals surface area contributed by atoms with Gasteiger partial charge in [-0.3, -0.25) is 14.5 Å². The van der Waals surface area contributed by atoms with Crippen LogP contribution in [0.25, 0.3) is 0 Å². The number of nitrogens with zero attached hydrogens (tertiary/aromatic N) is 1. The molecule has 0 unspecified atom stereocenters. The first kappa shape index (κ1) is 23.2. The molecule has 3 rings (SSSR count). The van der Waals surface area contributed by atoms with Gasteiger partial charge >= 0.3 is 5.97 Å². The van der Waals surface area contributed by atoms with Gasteiger partial charge in [0.15, 0.2) is 0 Å². The van der Waals surface area contributed by atoms with Crippen molar-refractivity contribution in [2.45, 2.75) is 25.2 Å². The highest BCUT2D eigenvalue weighted by atomic mass is 35.5. The minimum atomic E-state index is -0.642. The first-order valence-corrected chi connectivity index (χ1v) is 9.92. The van der Waals surface area contributed by atoms with Crippen molar-refractivity contribution in [1.82, 2.24) is 4.90 Å². The predicted molar refractivity (Wildman–Crippen MR) is 118 cm³/mol. The van der Waals surface area contributed by atoms with Crippen LogP contribution in [0.1, 0.15) is 25.3 Å². The molecule has 2 aromatic rings. The number of carbonyl (C=O) groups is 2. The maximum absolute atomic E-state index is 12.8. The molecule has 0 aromatic heterocycles. The number of hydrogen-bond donors (Lipinski definition) is 1. The molecule has 1 heterocycles. The quantitative estimate of drug-likeness (QED) is 0.685. The van der Waals surface area contributed by atoms with Crippen LogP contribution in [-0.2, 0) is 19.7 Å². The largest absolute Gasteiger partial charge is 0.465 e. The predicted octanol–water partition coefficient (Wildman–Crippen LogP) is 4.30. The molecule has 1 aliphatic heterocycles. The molecule has 0 aliphatic carbocycles. The standard InChI is InChI=1S/C22H25ClN2O3.ClH/c1-2-28-21(27)22(17-7-4-3-5-8-17)11-13-25(14-12-22)16-20(26)24-19-10-6-9-18(23)15-19;/h3-10,15H,2,11-14,16H2,1H3,(H,24,26);1H. The van der Waals surface area contributed by atoms with Crippen molar-refractivity contribution in [2.75, 3.05) is 31.6 Å². The third kappa shape index (κ3) is 5.72. The molecule has 1 saturated heterocycles.